The highest BCUT2D eigenvalue weighted by Crippen LogP contribution is 2.27. The van der Waals surface area contributed by atoms with Gasteiger partial charge in [0.15, 0.2) is 5.82 Å². The second-order valence-corrected chi connectivity index (χ2v) is 6.34. The zero-order valence-electron chi connectivity index (χ0n) is 14.8. The predicted octanol–water partition coefficient (Wildman–Crippen LogP) is 2.86. The van der Waals surface area contributed by atoms with Crippen LogP contribution in [0.1, 0.15) is 39.2 Å². The number of nitrogens with zero attached hydrogens (tertiary/aromatic N) is 4. The van der Waals surface area contributed by atoms with Crippen LogP contribution in [0.15, 0.2) is 41.1 Å². The second kappa shape index (κ2) is 6.51. The number of rotatable bonds is 5. The molecule has 1 amide bonds. The normalized spacial score (nSPS) is 11.5. The van der Waals surface area contributed by atoms with E-state index in [0.29, 0.717) is 11.7 Å². The van der Waals surface area contributed by atoms with Crippen molar-refractivity contribution in [3.05, 3.63) is 48.0 Å². The van der Waals surface area contributed by atoms with Gasteiger partial charge in [-0.2, -0.15) is 10.1 Å². The van der Waals surface area contributed by atoms with Crippen molar-refractivity contribution in [1.82, 2.24) is 25.2 Å². The van der Waals surface area contributed by atoms with E-state index in [1.165, 1.54) is 6.92 Å². The van der Waals surface area contributed by atoms with Gasteiger partial charge in [-0.1, -0.05) is 30.3 Å². The summed E-state index contributed by atoms with van der Waals surface area (Å²) < 4.78 is 7.32. The Morgan fingerprint density at radius 2 is 2.00 bits per heavy atom. The third kappa shape index (κ3) is 3.31. The standard InChI is InChI=1S/C18H21N5O2/c1-5-15-14(11-19-23(15)13-9-7-6-8-10-13)16-20-17(22-25-16)18(3,4)21-12(2)24/h6-11H,5H2,1-4H3,(H,21,24). The fourth-order valence-corrected chi connectivity index (χ4v) is 2.77. The van der Waals surface area contributed by atoms with Crippen LogP contribution < -0.4 is 5.32 Å². The maximum absolute atomic E-state index is 11.4. The van der Waals surface area contributed by atoms with Crippen molar-refractivity contribution >= 4 is 5.91 Å². The van der Waals surface area contributed by atoms with Crippen molar-refractivity contribution in [1.29, 1.82) is 0 Å². The van der Waals surface area contributed by atoms with Crippen LogP contribution in [0.4, 0.5) is 0 Å². The molecule has 0 aliphatic heterocycles. The minimum Gasteiger partial charge on any atom is -0.344 e. The molecule has 0 aliphatic carbocycles. The Labute approximate surface area is 146 Å². The van der Waals surface area contributed by atoms with Gasteiger partial charge in [0.2, 0.25) is 5.91 Å². The molecule has 7 heteroatoms. The fraction of sp³-hybridized carbons (Fsp3) is 0.333. The summed E-state index contributed by atoms with van der Waals surface area (Å²) in [5, 5.41) is 11.3. The molecular weight excluding hydrogens is 318 g/mol. The lowest BCUT2D eigenvalue weighted by atomic mass is 10.1. The first-order valence-corrected chi connectivity index (χ1v) is 8.18. The van der Waals surface area contributed by atoms with Gasteiger partial charge in [-0.25, -0.2) is 4.68 Å². The van der Waals surface area contributed by atoms with E-state index < -0.39 is 5.54 Å². The van der Waals surface area contributed by atoms with E-state index in [1.54, 1.807) is 6.20 Å². The highest BCUT2D eigenvalue weighted by molar-refractivity contribution is 5.73. The molecular formula is C18H21N5O2. The molecule has 1 N–H and O–H groups in total. The van der Waals surface area contributed by atoms with Gasteiger partial charge < -0.3 is 9.84 Å². The second-order valence-electron chi connectivity index (χ2n) is 6.34. The number of para-hydroxylation sites is 1. The highest BCUT2D eigenvalue weighted by Gasteiger charge is 2.29. The van der Waals surface area contributed by atoms with Crippen LogP contribution in [0.25, 0.3) is 17.1 Å². The highest BCUT2D eigenvalue weighted by atomic mass is 16.5. The quantitative estimate of drug-likeness (QED) is 0.772. The van der Waals surface area contributed by atoms with Crippen molar-refractivity contribution in [3.63, 3.8) is 0 Å². The molecule has 7 nitrogen and oxygen atoms in total. The molecule has 3 aromatic rings. The number of benzene rings is 1. The van der Waals surface area contributed by atoms with Gasteiger partial charge in [-0.05, 0) is 32.4 Å². The molecule has 0 radical (unpaired) electrons. The molecule has 0 spiro atoms. The van der Waals surface area contributed by atoms with Crippen LogP contribution >= 0.6 is 0 Å². The molecule has 130 valence electrons. The topological polar surface area (TPSA) is 85.8 Å². The summed E-state index contributed by atoms with van der Waals surface area (Å²) in [6.45, 7) is 7.18. The minimum atomic E-state index is -0.713. The van der Waals surface area contributed by atoms with Crippen LogP contribution in [0.3, 0.4) is 0 Å². The van der Waals surface area contributed by atoms with Crippen molar-refractivity contribution < 1.29 is 9.32 Å². The Hall–Kier alpha value is -2.96. The predicted molar refractivity (Wildman–Crippen MR) is 93.1 cm³/mol. The maximum Gasteiger partial charge on any atom is 0.261 e. The number of aromatic nitrogens is 4. The Morgan fingerprint density at radius 3 is 2.64 bits per heavy atom. The SMILES string of the molecule is CCc1c(-c2nc(C(C)(C)NC(C)=O)no2)cnn1-c1ccccc1. The Bertz CT molecular complexity index is 880. The summed E-state index contributed by atoms with van der Waals surface area (Å²) in [5.74, 6) is 0.669. The Morgan fingerprint density at radius 1 is 1.28 bits per heavy atom. The van der Waals surface area contributed by atoms with E-state index in [1.807, 2.05) is 48.9 Å². The van der Waals surface area contributed by atoms with Crippen LogP contribution in [0.2, 0.25) is 0 Å². The van der Waals surface area contributed by atoms with Crippen molar-refractivity contribution in [2.45, 2.75) is 39.7 Å². The lowest BCUT2D eigenvalue weighted by Gasteiger charge is -2.20. The zero-order chi connectivity index (χ0) is 18.0. The van der Waals surface area contributed by atoms with Crippen LogP contribution in [-0.4, -0.2) is 25.8 Å². The number of carbonyl (C=O) groups is 1. The van der Waals surface area contributed by atoms with Gasteiger partial charge in [-0.3, -0.25) is 4.79 Å². The van der Waals surface area contributed by atoms with E-state index in [2.05, 4.69) is 27.5 Å². The number of amides is 1. The van der Waals surface area contributed by atoms with Crippen molar-refractivity contribution in [2.24, 2.45) is 0 Å². The zero-order valence-corrected chi connectivity index (χ0v) is 14.8. The number of carbonyl (C=O) groups excluding carboxylic acids is 1. The lowest BCUT2D eigenvalue weighted by Crippen LogP contribution is -2.40. The lowest BCUT2D eigenvalue weighted by molar-refractivity contribution is -0.120. The average Bonchev–Trinajstić information content (AvgIpc) is 3.21. The van der Waals surface area contributed by atoms with E-state index >= 15 is 0 Å². The van der Waals surface area contributed by atoms with E-state index in [-0.39, 0.29) is 5.91 Å². The monoisotopic (exact) mass is 339 g/mol. The maximum atomic E-state index is 11.4. The minimum absolute atomic E-state index is 0.150. The summed E-state index contributed by atoms with van der Waals surface area (Å²) in [4.78, 5) is 15.8. The average molecular weight is 339 g/mol. The largest absolute Gasteiger partial charge is 0.344 e. The third-order valence-electron chi connectivity index (χ3n) is 3.91. The van der Waals surface area contributed by atoms with Crippen LogP contribution in [0.5, 0.6) is 0 Å². The number of hydrogen-bond acceptors (Lipinski definition) is 5. The molecule has 1 aromatic carbocycles. The van der Waals surface area contributed by atoms with E-state index in [0.717, 1.165) is 23.4 Å². The van der Waals surface area contributed by atoms with Gasteiger partial charge >= 0.3 is 0 Å². The Balaban J connectivity index is 1.99. The van der Waals surface area contributed by atoms with E-state index in [4.69, 9.17) is 4.52 Å². The Kier molecular flexibility index (Phi) is 4.39. The van der Waals surface area contributed by atoms with Gasteiger partial charge in [0.1, 0.15) is 0 Å². The molecule has 0 bridgehead atoms. The smallest absolute Gasteiger partial charge is 0.261 e. The van der Waals surface area contributed by atoms with E-state index in [9.17, 15) is 4.79 Å². The molecule has 0 aliphatic rings. The van der Waals surface area contributed by atoms with Crippen LogP contribution in [0, 0.1) is 0 Å². The van der Waals surface area contributed by atoms with Gasteiger partial charge in [-0.15, -0.1) is 0 Å². The van der Waals surface area contributed by atoms with Gasteiger partial charge in [0.05, 0.1) is 28.7 Å². The summed E-state index contributed by atoms with van der Waals surface area (Å²) >= 11 is 0. The summed E-state index contributed by atoms with van der Waals surface area (Å²) in [7, 11) is 0. The van der Waals surface area contributed by atoms with Crippen molar-refractivity contribution in [2.75, 3.05) is 0 Å². The number of nitrogens with one attached hydrogen (secondary N) is 1. The first-order valence-electron chi connectivity index (χ1n) is 8.18. The molecule has 0 fully saturated rings. The summed E-state index contributed by atoms with van der Waals surface area (Å²) in [5.41, 5.74) is 2.04. The molecule has 0 saturated heterocycles. The first-order chi connectivity index (χ1) is 11.9. The molecule has 0 saturated carbocycles. The molecule has 2 aromatic heterocycles. The summed E-state index contributed by atoms with van der Waals surface area (Å²) in [6.07, 6.45) is 2.49. The molecule has 0 atom stereocenters. The molecule has 25 heavy (non-hydrogen) atoms. The van der Waals surface area contributed by atoms with Gasteiger partial charge in [0, 0.05) is 6.92 Å². The molecule has 0 unspecified atom stereocenters. The fourth-order valence-electron chi connectivity index (χ4n) is 2.77. The van der Waals surface area contributed by atoms with Gasteiger partial charge in [0.25, 0.3) is 5.89 Å². The summed E-state index contributed by atoms with van der Waals surface area (Å²) in [6, 6.07) is 9.89. The number of hydrogen-bond donors (Lipinski definition) is 1. The first kappa shape index (κ1) is 16.9. The molecule has 2 heterocycles. The van der Waals surface area contributed by atoms with Crippen molar-refractivity contribution in [3.8, 4) is 17.1 Å². The third-order valence-corrected chi connectivity index (χ3v) is 3.91. The van der Waals surface area contributed by atoms with Crippen LogP contribution in [-0.2, 0) is 16.8 Å². The molecule has 3 rings (SSSR count).